The highest BCUT2D eigenvalue weighted by Gasteiger charge is 2.63. The van der Waals surface area contributed by atoms with Crippen LogP contribution in [0.1, 0.15) is 31.2 Å². The van der Waals surface area contributed by atoms with Crippen LogP contribution in [-0.4, -0.2) is 44.1 Å². The Balaban J connectivity index is 1.42. The number of amides is 1. The Labute approximate surface area is 182 Å². The molecule has 1 N–H and O–H groups in total. The van der Waals surface area contributed by atoms with Gasteiger partial charge in [-0.3, -0.25) is 4.79 Å². The summed E-state index contributed by atoms with van der Waals surface area (Å²) in [5, 5.41) is 0. The van der Waals surface area contributed by atoms with Gasteiger partial charge >= 0.3 is 0 Å². The predicted octanol–water partition coefficient (Wildman–Crippen LogP) is 3.35. The van der Waals surface area contributed by atoms with Crippen molar-refractivity contribution in [1.29, 1.82) is 0 Å². The van der Waals surface area contributed by atoms with Crippen molar-refractivity contribution in [2.24, 2.45) is 11.3 Å². The first-order valence-electron chi connectivity index (χ1n) is 10.9. The molecule has 2 aromatic carbocycles. The Morgan fingerprint density at radius 3 is 2.42 bits per heavy atom. The molecule has 2 atom stereocenters. The average molecular weight is 443 g/mol. The van der Waals surface area contributed by atoms with Gasteiger partial charge in [0.15, 0.2) is 0 Å². The molecule has 2 aromatic rings. The van der Waals surface area contributed by atoms with Crippen LogP contribution in [0.15, 0.2) is 48.5 Å². The largest absolute Gasteiger partial charge is 0.337 e. The van der Waals surface area contributed by atoms with Gasteiger partial charge in [0.2, 0.25) is 15.9 Å². The van der Waals surface area contributed by atoms with Crippen LogP contribution >= 0.6 is 0 Å². The fourth-order valence-electron chi connectivity index (χ4n) is 5.60. The van der Waals surface area contributed by atoms with Gasteiger partial charge in [0.1, 0.15) is 5.82 Å². The number of halogens is 1. The Morgan fingerprint density at radius 1 is 1.13 bits per heavy atom. The lowest BCUT2D eigenvalue weighted by atomic mass is 9.44. The molecule has 4 fully saturated rings. The molecule has 1 heterocycles. The molecule has 1 amide bonds. The summed E-state index contributed by atoms with van der Waals surface area (Å²) in [6.45, 7) is 0.576. The molecule has 6 rings (SSSR count). The Morgan fingerprint density at radius 2 is 1.81 bits per heavy atom. The molecule has 5 nitrogen and oxygen atoms in total. The number of nitrogens with zero attached hydrogens (tertiary/aromatic N) is 1. The van der Waals surface area contributed by atoms with E-state index in [0.717, 1.165) is 36.0 Å². The van der Waals surface area contributed by atoms with Gasteiger partial charge in [0.25, 0.3) is 0 Å². The van der Waals surface area contributed by atoms with E-state index in [-0.39, 0.29) is 29.2 Å². The molecule has 0 radical (unpaired) electrons. The molecule has 1 aliphatic heterocycles. The van der Waals surface area contributed by atoms with Gasteiger partial charge in [-0.15, -0.1) is 0 Å². The highest BCUT2D eigenvalue weighted by molar-refractivity contribution is 7.88. The summed E-state index contributed by atoms with van der Waals surface area (Å²) in [6.07, 6.45) is 5.28. The third-order valence-corrected chi connectivity index (χ3v) is 7.92. The lowest BCUT2D eigenvalue weighted by Crippen LogP contribution is -2.62. The summed E-state index contributed by atoms with van der Waals surface area (Å²) in [5.74, 6) is 0.614. The molecule has 0 unspecified atom stereocenters. The number of hydrogen-bond acceptors (Lipinski definition) is 3. The number of benzene rings is 2. The molecule has 164 valence electrons. The molecule has 3 aliphatic carbocycles. The van der Waals surface area contributed by atoms with Crippen LogP contribution in [0.5, 0.6) is 0 Å². The maximum absolute atomic E-state index is 13.7. The molecule has 0 spiro atoms. The summed E-state index contributed by atoms with van der Waals surface area (Å²) in [7, 11) is -3.38. The Hall–Kier alpha value is -2.25. The van der Waals surface area contributed by atoms with Crippen molar-refractivity contribution in [2.75, 3.05) is 12.8 Å². The average Bonchev–Trinajstić information content (AvgIpc) is 3.00. The topological polar surface area (TPSA) is 66.5 Å². The van der Waals surface area contributed by atoms with E-state index >= 15 is 0 Å². The lowest BCUT2D eigenvalue weighted by molar-refractivity contribution is -0.177. The fourth-order valence-corrected chi connectivity index (χ4v) is 6.43. The highest BCUT2D eigenvalue weighted by Crippen LogP contribution is 2.65. The summed E-state index contributed by atoms with van der Waals surface area (Å²) in [4.78, 5) is 15.3. The van der Waals surface area contributed by atoms with Gasteiger partial charge in [-0.05, 0) is 66.8 Å². The highest BCUT2D eigenvalue weighted by atomic mass is 32.2. The molecule has 2 bridgehead atoms. The molecular formula is C24H27FN2O3S. The standard InChI is InChI=1S/C24H27FN2O3S/c1-31(29,30)26-21-8-9-27(23(28)24-13-17(14-24)15-24)22(21)11-16-4-2-5-18(10-16)19-6-3-7-20(25)12-19/h2-7,10,12,17,21-22,26H,8-9,11,13-15H2,1H3/t17?,21-,22-,24?/m0/s1. The van der Waals surface area contributed by atoms with Crippen LogP contribution in [0.25, 0.3) is 11.1 Å². The summed E-state index contributed by atoms with van der Waals surface area (Å²) >= 11 is 0. The van der Waals surface area contributed by atoms with Crippen LogP contribution < -0.4 is 4.72 Å². The van der Waals surface area contributed by atoms with Gasteiger partial charge in [-0.25, -0.2) is 17.5 Å². The van der Waals surface area contributed by atoms with Crippen molar-refractivity contribution in [2.45, 2.75) is 44.2 Å². The predicted molar refractivity (Wildman–Crippen MR) is 117 cm³/mol. The van der Waals surface area contributed by atoms with Crippen molar-refractivity contribution in [3.63, 3.8) is 0 Å². The number of nitrogens with one attached hydrogen (secondary N) is 1. The third-order valence-electron chi connectivity index (χ3n) is 7.19. The van der Waals surface area contributed by atoms with Gasteiger partial charge in [0.05, 0.1) is 17.7 Å². The van der Waals surface area contributed by atoms with E-state index in [1.54, 1.807) is 6.07 Å². The van der Waals surface area contributed by atoms with E-state index in [0.29, 0.717) is 25.3 Å². The zero-order chi connectivity index (χ0) is 21.8. The van der Waals surface area contributed by atoms with Crippen LogP contribution in [-0.2, 0) is 21.2 Å². The summed E-state index contributed by atoms with van der Waals surface area (Å²) < 4.78 is 40.3. The maximum Gasteiger partial charge on any atom is 0.229 e. The van der Waals surface area contributed by atoms with Gasteiger partial charge in [0, 0.05) is 12.6 Å². The molecule has 1 saturated heterocycles. The van der Waals surface area contributed by atoms with E-state index < -0.39 is 10.0 Å². The second-order valence-electron chi connectivity index (χ2n) is 9.52. The maximum atomic E-state index is 13.7. The minimum Gasteiger partial charge on any atom is -0.337 e. The van der Waals surface area contributed by atoms with Crippen LogP contribution in [0, 0.1) is 17.2 Å². The number of carbonyl (C=O) groups excluding carboxylic acids is 1. The smallest absolute Gasteiger partial charge is 0.229 e. The first-order chi connectivity index (χ1) is 14.7. The zero-order valence-corrected chi connectivity index (χ0v) is 18.4. The molecule has 31 heavy (non-hydrogen) atoms. The number of rotatable bonds is 6. The molecule has 3 saturated carbocycles. The third kappa shape index (κ3) is 3.89. The fraction of sp³-hybridized carbons (Fsp3) is 0.458. The van der Waals surface area contributed by atoms with Crippen molar-refractivity contribution in [3.05, 3.63) is 59.9 Å². The number of sulfonamides is 1. The Bertz CT molecular complexity index is 1120. The van der Waals surface area contributed by atoms with Crippen LogP contribution in [0.3, 0.4) is 0 Å². The normalized spacial score (nSPS) is 29.4. The van der Waals surface area contributed by atoms with Crippen molar-refractivity contribution >= 4 is 15.9 Å². The van der Waals surface area contributed by atoms with Crippen molar-refractivity contribution in [3.8, 4) is 11.1 Å². The van der Waals surface area contributed by atoms with Crippen LogP contribution in [0.4, 0.5) is 4.39 Å². The summed E-state index contributed by atoms with van der Waals surface area (Å²) in [6, 6.07) is 13.8. The lowest BCUT2D eigenvalue weighted by Gasteiger charge is -2.61. The first-order valence-corrected chi connectivity index (χ1v) is 12.7. The number of hydrogen-bond donors (Lipinski definition) is 1. The van der Waals surface area contributed by atoms with E-state index in [1.807, 2.05) is 35.2 Å². The van der Waals surface area contributed by atoms with Crippen molar-refractivity contribution in [1.82, 2.24) is 9.62 Å². The SMILES string of the molecule is CS(=O)(=O)N[C@H]1CCN(C(=O)C23CC(C2)C3)[C@H]1Cc1cccc(-c2cccc(F)c2)c1. The summed E-state index contributed by atoms with van der Waals surface area (Å²) in [5.41, 5.74) is 2.51. The number of likely N-dealkylation sites (tertiary alicyclic amines) is 1. The Kier molecular flexibility index (Phi) is 4.94. The second-order valence-corrected chi connectivity index (χ2v) is 11.3. The minimum atomic E-state index is -3.38. The first kappa shape index (κ1) is 20.6. The van der Waals surface area contributed by atoms with E-state index in [1.165, 1.54) is 18.4 Å². The van der Waals surface area contributed by atoms with Crippen molar-refractivity contribution < 1.29 is 17.6 Å². The minimum absolute atomic E-state index is 0.188. The van der Waals surface area contributed by atoms with Gasteiger partial charge in [-0.2, -0.15) is 0 Å². The monoisotopic (exact) mass is 442 g/mol. The molecular weight excluding hydrogens is 415 g/mol. The number of carbonyl (C=O) groups is 1. The second kappa shape index (κ2) is 7.41. The molecule has 4 aliphatic rings. The van der Waals surface area contributed by atoms with E-state index in [4.69, 9.17) is 0 Å². The quantitative estimate of drug-likeness (QED) is 0.746. The van der Waals surface area contributed by atoms with Crippen LogP contribution in [0.2, 0.25) is 0 Å². The van der Waals surface area contributed by atoms with Gasteiger partial charge in [-0.1, -0.05) is 36.4 Å². The van der Waals surface area contributed by atoms with E-state index in [9.17, 15) is 17.6 Å². The molecule has 7 heteroatoms. The van der Waals surface area contributed by atoms with Gasteiger partial charge < -0.3 is 4.90 Å². The molecule has 0 aromatic heterocycles. The van der Waals surface area contributed by atoms with E-state index in [2.05, 4.69) is 4.72 Å². The zero-order valence-electron chi connectivity index (χ0n) is 17.6.